The van der Waals surface area contributed by atoms with E-state index in [4.69, 9.17) is 12.2 Å². The molecular weight excluding hydrogens is 158 g/mol. The van der Waals surface area contributed by atoms with Crippen LogP contribution in [0.2, 0.25) is 0 Å². The maximum atomic E-state index is 4.89. The number of hydrogen-bond acceptors (Lipinski definition) is 1. The van der Waals surface area contributed by atoms with Crippen molar-refractivity contribution in [3.8, 4) is 11.3 Å². The van der Waals surface area contributed by atoms with E-state index in [-0.39, 0.29) is 0 Å². The number of H-pyrrole nitrogens is 3. The van der Waals surface area contributed by atoms with Crippen molar-refractivity contribution < 1.29 is 0 Å². The zero-order chi connectivity index (χ0) is 7.68. The molecule has 0 aliphatic heterocycles. The summed E-state index contributed by atoms with van der Waals surface area (Å²) in [6.07, 6.45) is 5.64. The number of rotatable bonds is 1. The van der Waals surface area contributed by atoms with Crippen LogP contribution in [0, 0.1) is 4.77 Å². The summed E-state index contributed by atoms with van der Waals surface area (Å²) in [7, 11) is 0. The second-order valence-corrected chi connectivity index (χ2v) is 2.66. The molecular formula is C7H7N3S. The topological polar surface area (TPSA) is 47.4 Å². The van der Waals surface area contributed by atoms with E-state index in [0.29, 0.717) is 4.77 Å². The molecule has 56 valence electrons. The third-order valence-corrected chi connectivity index (χ3v) is 1.72. The van der Waals surface area contributed by atoms with E-state index in [1.807, 2.05) is 24.7 Å². The molecule has 2 aromatic heterocycles. The van der Waals surface area contributed by atoms with Crippen LogP contribution in [-0.2, 0) is 0 Å². The van der Waals surface area contributed by atoms with Crippen LogP contribution in [0.3, 0.4) is 0 Å². The maximum absolute atomic E-state index is 4.89. The first kappa shape index (κ1) is 6.42. The second-order valence-electron chi connectivity index (χ2n) is 2.26. The molecule has 0 radical (unpaired) electrons. The Morgan fingerprint density at radius 2 is 2.18 bits per heavy atom. The Labute approximate surface area is 68.5 Å². The zero-order valence-electron chi connectivity index (χ0n) is 5.72. The molecule has 3 N–H and O–H groups in total. The summed E-state index contributed by atoms with van der Waals surface area (Å²) >= 11 is 4.89. The summed E-state index contributed by atoms with van der Waals surface area (Å²) in [6.45, 7) is 0. The molecule has 0 fully saturated rings. The summed E-state index contributed by atoms with van der Waals surface area (Å²) in [4.78, 5) is 8.89. The lowest BCUT2D eigenvalue weighted by molar-refractivity contribution is 1.27. The van der Waals surface area contributed by atoms with Crippen LogP contribution in [0.15, 0.2) is 24.7 Å². The Morgan fingerprint density at radius 1 is 1.27 bits per heavy atom. The van der Waals surface area contributed by atoms with Crippen molar-refractivity contribution in [1.29, 1.82) is 0 Å². The molecule has 4 heteroatoms. The molecule has 2 aromatic rings. The van der Waals surface area contributed by atoms with Crippen LogP contribution < -0.4 is 0 Å². The molecule has 0 aromatic carbocycles. The SMILES string of the molecule is S=c1[nH]cc(-c2cc[nH]c2)[nH]1. The molecule has 2 heterocycles. The van der Waals surface area contributed by atoms with Gasteiger partial charge in [-0.25, -0.2) is 0 Å². The largest absolute Gasteiger partial charge is 0.367 e. The average molecular weight is 165 g/mol. The Balaban J connectivity index is 2.53. The third kappa shape index (κ3) is 1.12. The molecule has 2 rings (SSSR count). The number of hydrogen-bond donors (Lipinski definition) is 3. The summed E-state index contributed by atoms with van der Waals surface area (Å²) in [6, 6.07) is 1.98. The van der Waals surface area contributed by atoms with Crippen LogP contribution in [0.25, 0.3) is 11.3 Å². The van der Waals surface area contributed by atoms with Crippen molar-refractivity contribution in [1.82, 2.24) is 15.0 Å². The number of nitrogens with one attached hydrogen (secondary N) is 3. The summed E-state index contributed by atoms with van der Waals surface area (Å²) in [5.41, 5.74) is 2.12. The molecule has 0 saturated heterocycles. The van der Waals surface area contributed by atoms with Gasteiger partial charge in [-0.1, -0.05) is 0 Å². The van der Waals surface area contributed by atoms with Gasteiger partial charge in [-0.3, -0.25) is 0 Å². The highest BCUT2D eigenvalue weighted by atomic mass is 32.1. The lowest BCUT2D eigenvalue weighted by Crippen LogP contribution is -1.69. The van der Waals surface area contributed by atoms with E-state index in [9.17, 15) is 0 Å². The molecule has 11 heavy (non-hydrogen) atoms. The van der Waals surface area contributed by atoms with Crippen molar-refractivity contribution in [2.45, 2.75) is 0 Å². The maximum Gasteiger partial charge on any atom is 0.174 e. The van der Waals surface area contributed by atoms with Crippen molar-refractivity contribution in [3.05, 3.63) is 29.4 Å². The first-order chi connectivity index (χ1) is 5.36. The fraction of sp³-hybridized carbons (Fsp3) is 0. The van der Waals surface area contributed by atoms with E-state index < -0.39 is 0 Å². The van der Waals surface area contributed by atoms with Gasteiger partial charge in [0.15, 0.2) is 4.77 Å². The fourth-order valence-corrected chi connectivity index (χ4v) is 1.15. The van der Waals surface area contributed by atoms with Gasteiger partial charge in [0.2, 0.25) is 0 Å². The van der Waals surface area contributed by atoms with Gasteiger partial charge < -0.3 is 15.0 Å². The molecule has 0 aliphatic rings. The zero-order valence-corrected chi connectivity index (χ0v) is 6.53. The van der Waals surface area contributed by atoms with Gasteiger partial charge >= 0.3 is 0 Å². The van der Waals surface area contributed by atoms with Crippen molar-refractivity contribution >= 4 is 12.2 Å². The monoisotopic (exact) mass is 165 g/mol. The predicted octanol–water partition coefficient (Wildman–Crippen LogP) is 2.07. The Bertz CT molecular complexity index is 382. The summed E-state index contributed by atoms with van der Waals surface area (Å²) in [5, 5.41) is 0. The first-order valence-corrected chi connectivity index (χ1v) is 3.68. The number of aromatic amines is 3. The van der Waals surface area contributed by atoms with Gasteiger partial charge in [0.1, 0.15) is 0 Å². The minimum absolute atomic E-state index is 0.654. The molecule has 0 saturated carbocycles. The number of aromatic nitrogens is 3. The Kier molecular flexibility index (Phi) is 1.40. The van der Waals surface area contributed by atoms with Gasteiger partial charge in [0.05, 0.1) is 5.69 Å². The standard InChI is InChI=1S/C7H7N3S/c11-7-9-4-6(10-7)5-1-2-8-3-5/h1-4,8H,(H2,9,10,11). The fourth-order valence-electron chi connectivity index (χ4n) is 0.979. The number of imidazole rings is 1. The minimum Gasteiger partial charge on any atom is -0.367 e. The Morgan fingerprint density at radius 3 is 2.73 bits per heavy atom. The highest BCUT2D eigenvalue weighted by molar-refractivity contribution is 7.71. The van der Waals surface area contributed by atoms with E-state index in [1.165, 1.54) is 0 Å². The van der Waals surface area contributed by atoms with E-state index >= 15 is 0 Å². The van der Waals surface area contributed by atoms with Crippen molar-refractivity contribution in [3.63, 3.8) is 0 Å². The Hall–Kier alpha value is -1.29. The van der Waals surface area contributed by atoms with E-state index in [2.05, 4.69) is 15.0 Å². The highest BCUT2D eigenvalue weighted by Crippen LogP contribution is 2.13. The summed E-state index contributed by atoms with van der Waals surface area (Å²) < 4.78 is 0.654. The van der Waals surface area contributed by atoms with E-state index in [1.54, 1.807) is 0 Å². The average Bonchev–Trinajstić information content (AvgIpc) is 2.55. The quantitative estimate of drug-likeness (QED) is 0.556. The van der Waals surface area contributed by atoms with Crippen LogP contribution in [0.5, 0.6) is 0 Å². The molecule has 3 nitrogen and oxygen atoms in total. The van der Waals surface area contributed by atoms with E-state index in [0.717, 1.165) is 11.3 Å². The lowest BCUT2D eigenvalue weighted by atomic mass is 10.3. The van der Waals surface area contributed by atoms with Gasteiger partial charge in [0.25, 0.3) is 0 Å². The van der Waals surface area contributed by atoms with Gasteiger partial charge in [-0.2, -0.15) is 0 Å². The van der Waals surface area contributed by atoms with Crippen LogP contribution in [0.1, 0.15) is 0 Å². The summed E-state index contributed by atoms with van der Waals surface area (Å²) in [5.74, 6) is 0. The third-order valence-electron chi connectivity index (χ3n) is 1.50. The first-order valence-electron chi connectivity index (χ1n) is 3.27. The van der Waals surface area contributed by atoms with Gasteiger partial charge in [-0.05, 0) is 18.3 Å². The molecule has 0 spiro atoms. The highest BCUT2D eigenvalue weighted by Gasteiger charge is 1.96. The minimum atomic E-state index is 0.654. The predicted molar refractivity (Wildman–Crippen MR) is 45.8 cm³/mol. The smallest absolute Gasteiger partial charge is 0.174 e. The normalized spacial score (nSPS) is 10.2. The second kappa shape index (κ2) is 2.39. The molecule has 0 atom stereocenters. The van der Waals surface area contributed by atoms with Gasteiger partial charge in [0, 0.05) is 24.2 Å². The van der Waals surface area contributed by atoms with Gasteiger partial charge in [-0.15, -0.1) is 0 Å². The van der Waals surface area contributed by atoms with Crippen molar-refractivity contribution in [2.24, 2.45) is 0 Å². The van der Waals surface area contributed by atoms with Crippen LogP contribution in [0.4, 0.5) is 0 Å². The van der Waals surface area contributed by atoms with Crippen LogP contribution >= 0.6 is 12.2 Å². The van der Waals surface area contributed by atoms with Crippen LogP contribution in [-0.4, -0.2) is 15.0 Å². The molecule has 0 bridgehead atoms. The molecule has 0 aliphatic carbocycles. The molecule has 0 unspecified atom stereocenters. The lowest BCUT2D eigenvalue weighted by Gasteiger charge is -1.86. The molecule has 0 amide bonds. The van der Waals surface area contributed by atoms with Crippen molar-refractivity contribution in [2.75, 3.05) is 0 Å².